The van der Waals surface area contributed by atoms with E-state index in [1.807, 2.05) is 17.7 Å². The van der Waals surface area contributed by atoms with Crippen LogP contribution in [0.2, 0.25) is 0 Å². The van der Waals surface area contributed by atoms with Crippen molar-refractivity contribution in [2.75, 3.05) is 27.7 Å². The third-order valence-corrected chi connectivity index (χ3v) is 6.91. The van der Waals surface area contributed by atoms with E-state index < -0.39 is 10.0 Å². The van der Waals surface area contributed by atoms with Crippen LogP contribution in [0.3, 0.4) is 0 Å². The number of rotatable bonds is 8. The third kappa shape index (κ3) is 5.60. The normalized spacial score (nSPS) is 16.9. The van der Waals surface area contributed by atoms with E-state index in [0.717, 1.165) is 18.7 Å². The largest absolute Gasteiger partial charge is 0.377 e. The minimum atomic E-state index is -3.54. The predicted molar refractivity (Wildman–Crippen MR) is 118 cm³/mol. The van der Waals surface area contributed by atoms with Gasteiger partial charge in [0, 0.05) is 40.2 Å². The molecule has 1 atom stereocenters. The maximum absolute atomic E-state index is 12.6. The van der Waals surface area contributed by atoms with Gasteiger partial charge in [0.15, 0.2) is 11.8 Å². The Hall–Kier alpha value is -2.50. The molecule has 0 bridgehead atoms. The fraction of sp³-hybridized carbons (Fsp3) is 0.550. The summed E-state index contributed by atoms with van der Waals surface area (Å²) in [6.45, 7) is 4.02. The molecule has 0 aliphatic carbocycles. The average molecular weight is 450 g/mol. The zero-order valence-corrected chi connectivity index (χ0v) is 19.3. The Balaban J connectivity index is 1.73. The Kier molecular flexibility index (Phi) is 7.63. The molecule has 1 aromatic heterocycles. The van der Waals surface area contributed by atoms with Crippen molar-refractivity contribution in [1.82, 2.24) is 29.7 Å². The summed E-state index contributed by atoms with van der Waals surface area (Å²) < 4.78 is 33.5. The predicted octanol–water partition coefficient (Wildman–Crippen LogP) is 0.745. The average Bonchev–Trinajstić information content (AvgIpc) is 3.14. The quantitative estimate of drug-likeness (QED) is 0.451. The number of aliphatic imine (C=N–C) groups is 1. The minimum Gasteiger partial charge on any atom is -0.377 e. The summed E-state index contributed by atoms with van der Waals surface area (Å²) in [6, 6.07) is 7.10. The van der Waals surface area contributed by atoms with Crippen molar-refractivity contribution >= 4 is 16.0 Å². The Morgan fingerprint density at radius 3 is 2.84 bits per heavy atom. The summed E-state index contributed by atoms with van der Waals surface area (Å²) in [5.41, 5.74) is 0.653. The lowest BCUT2D eigenvalue weighted by Crippen LogP contribution is -2.47. The number of aryl methyl sites for hydroxylation is 1. The van der Waals surface area contributed by atoms with Crippen molar-refractivity contribution in [3.63, 3.8) is 0 Å². The van der Waals surface area contributed by atoms with Gasteiger partial charge in [0.05, 0.1) is 18.0 Å². The van der Waals surface area contributed by atoms with Crippen LogP contribution in [-0.2, 0) is 40.9 Å². The van der Waals surface area contributed by atoms with Gasteiger partial charge in [-0.05, 0) is 25.0 Å². The molecule has 11 heteroatoms. The van der Waals surface area contributed by atoms with Crippen LogP contribution in [0.5, 0.6) is 0 Å². The van der Waals surface area contributed by atoms with Crippen molar-refractivity contribution in [2.24, 2.45) is 4.99 Å². The highest BCUT2D eigenvalue weighted by Gasteiger charge is 2.23. The molecule has 0 saturated carbocycles. The molecule has 1 aromatic carbocycles. The number of hydrogen-bond acceptors (Lipinski definition) is 6. The second-order valence-corrected chi connectivity index (χ2v) is 9.65. The van der Waals surface area contributed by atoms with Gasteiger partial charge in [-0.1, -0.05) is 18.2 Å². The van der Waals surface area contributed by atoms with Crippen LogP contribution >= 0.6 is 0 Å². The summed E-state index contributed by atoms with van der Waals surface area (Å²) in [5.74, 6) is 2.30. The van der Waals surface area contributed by atoms with Crippen molar-refractivity contribution in [3.05, 3.63) is 41.5 Å². The molecule has 0 spiro atoms. The van der Waals surface area contributed by atoms with Gasteiger partial charge in [0.2, 0.25) is 10.0 Å². The smallest absolute Gasteiger partial charge is 0.242 e. The van der Waals surface area contributed by atoms with Crippen LogP contribution < -0.4 is 10.6 Å². The Morgan fingerprint density at radius 2 is 2.13 bits per heavy atom. The molecule has 2 heterocycles. The number of sulfonamides is 1. The first-order chi connectivity index (χ1) is 14.8. The molecule has 10 nitrogen and oxygen atoms in total. The number of ether oxygens (including phenoxy) is 1. The van der Waals surface area contributed by atoms with E-state index in [2.05, 4.69) is 25.7 Å². The van der Waals surface area contributed by atoms with Gasteiger partial charge >= 0.3 is 0 Å². The van der Waals surface area contributed by atoms with E-state index in [1.54, 1.807) is 25.3 Å². The fourth-order valence-electron chi connectivity index (χ4n) is 3.43. The van der Waals surface area contributed by atoms with E-state index in [-0.39, 0.29) is 17.5 Å². The summed E-state index contributed by atoms with van der Waals surface area (Å²) in [4.78, 5) is 9.43. The molecule has 3 rings (SSSR count). The van der Waals surface area contributed by atoms with Crippen LogP contribution in [-0.4, -0.2) is 67.2 Å². The highest BCUT2D eigenvalue weighted by molar-refractivity contribution is 7.89. The third-order valence-electron chi connectivity index (χ3n) is 5.00. The molecular weight excluding hydrogens is 418 g/mol. The van der Waals surface area contributed by atoms with Crippen molar-refractivity contribution in [1.29, 1.82) is 0 Å². The van der Waals surface area contributed by atoms with Gasteiger partial charge < -0.3 is 15.4 Å². The van der Waals surface area contributed by atoms with Crippen LogP contribution in [0.15, 0.2) is 34.2 Å². The Labute approximate surface area is 183 Å². The van der Waals surface area contributed by atoms with Gasteiger partial charge in [-0.25, -0.2) is 27.4 Å². The molecule has 0 radical (unpaired) electrons. The van der Waals surface area contributed by atoms with E-state index in [4.69, 9.17) is 4.74 Å². The second-order valence-electron chi connectivity index (χ2n) is 7.53. The zero-order valence-electron chi connectivity index (χ0n) is 18.5. The van der Waals surface area contributed by atoms with E-state index in [0.29, 0.717) is 37.0 Å². The lowest BCUT2D eigenvalue weighted by Gasteiger charge is -2.25. The Bertz CT molecular complexity index is 1020. The molecule has 1 aliphatic rings. The minimum absolute atomic E-state index is 0.142. The summed E-state index contributed by atoms with van der Waals surface area (Å²) in [7, 11) is 1.15. The van der Waals surface area contributed by atoms with Gasteiger partial charge in [-0.15, -0.1) is 0 Å². The van der Waals surface area contributed by atoms with Crippen LogP contribution in [0.4, 0.5) is 0 Å². The molecule has 1 unspecified atom stereocenters. The lowest BCUT2D eigenvalue weighted by atomic mass is 10.1. The number of nitrogens with zero attached hydrogens (tertiary/aromatic N) is 5. The van der Waals surface area contributed by atoms with Crippen LogP contribution in [0.1, 0.15) is 30.6 Å². The second kappa shape index (κ2) is 10.2. The van der Waals surface area contributed by atoms with Crippen molar-refractivity contribution in [3.8, 4) is 0 Å². The van der Waals surface area contributed by atoms with Crippen molar-refractivity contribution < 1.29 is 13.2 Å². The molecule has 2 N–H and O–H groups in total. The SMILES string of the molecule is CCNC(=NCc1ccccc1S(=O)(=O)N(C)C)NC1CCc2nc(COC)nn2C1. The van der Waals surface area contributed by atoms with Gasteiger partial charge in [0.25, 0.3) is 0 Å². The number of benzene rings is 1. The first-order valence-electron chi connectivity index (χ1n) is 10.3. The molecule has 0 saturated heterocycles. The lowest BCUT2D eigenvalue weighted by molar-refractivity contribution is 0.177. The van der Waals surface area contributed by atoms with Gasteiger partial charge in [0.1, 0.15) is 12.4 Å². The highest BCUT2D eigenvalue weighted by atomic mass is 32.2. The first-order valence-corrected chi connectivity index (χ1v) is 11.8. The maximum atomic E-state index is 12.6. The van der Waals surface area contributed by atoms with Crippen LogP contribution in [0.25, 0.3) is 0 Å². The molecular formula is C20H31N7O3S. The zero-order chi connectivity index (χ0) is 22.4. The topological polar surface area (TPSA) is 114 Å². The van der Waals surface area contributed by atoms with E-state index in [9.17, 15) is 8.42 Å². The summed E-state index contributed by atoms with van der Waals surface area (Å²) in [6.07, 6.45) is 1.72. The number of aromatic nitrogens is 3. The molecule has 0 fully saturated rings. The number of nitrogens with one attached hydrogen (secondary N) is 2. The molecule has 0 amide bonds. The van der Waals surface area contributed by atoms with Crippen LogP contribution in [0, 0.1) is 0 Å². The van der Waals surface area contributed by atoms with Gasteiger partial charge in [-0.3, -0.25) is 0 Å². The summed E-state index contributed by atoms with van der Waals surface area (Å²) in [5, 5.41) is 11.2. The Morgan fingerprint density at radius 1 is 1.35 bits per heavy atom. The number of fused-ring (bicyclic) bond motifs is 1. The fourth-order valence-corrected chi connectivity index (χ4v) is 4.54. The number of guanidine groups is 1. The molecule has 170 valence electrons. The number of hydrogen-bond donors (Lipinski definition) is 2. The van der Waals surface area contributed by atoms with Crippen molar-refractivity contribution in [2.45, 2.75) is 50.4 Å². The maximum Gasteiger partial charge on any atom is 0.242 e. The molecule has 31 heavy (non-hydrogen) atoms. The standard InChI is InChI=1S/C20H31N7O3S/c1-5-21-20(22-12-15-8-6-7-9-17(15)31(28,29)26(2)3)23-16-10-11-19-24-18(14-30-4)25-27(19)13-16/h6-9,16H,5,10-14H2,1-4H3,(H2,21,22,23). The molecule has 2 aromatic rings. The number of methoxy groups -OCH3 is 1. The van der Waals surface area contributed by atoms with E-state index >= 15 is 0 Å². The van der Waals surface area contributed by atoms with E-state index in [1.165, 1.54) is 18.4 Å². The summed E-state index contributed by atoms with van der Waals surface area (Å²) >= 11 is 0. The van der Waals surface area contributed by atoms with Gasteiger partial charge in [-0.2, -0.15) is 5.10 Å². The first kappa shape index (κ1) is 23.2. The monoisotopic (exact) mass is 449 g/mol. The highest BCUT2D eigenvalue weighted by Crippen LogP contribution is 2.19. The molecule has 1 aliphatic heterocycles.